The zero-order valence-corrected chi connectivity index (χ0v) is 20.7. The molecule has 0 aliphatic carbocycles. The van der Waals surface area contributed by atoms with Crippen molar-refractivity contribution in [3.63, 3.8) is 0 Å². The van der Waals surface area contributed by atoms with Gasteiger partial charge >= 0.3 is 11.9 Å². The van der Waals surface area contributed by atoms with Gasteiger partial charge in [-0.3, -0.25) is 9.59 Å². The Kier molecular flexibility index (Phi) is 21.1. The summed E-state index contributed by atoms with van der Waals surface area (Å²) in [4.78, 5) is 45.2. The van der Waals surface area contributed by atoms with Crippen LogP contribution in [-0.4, -0.2) is 36.7 Å². The largest absolute Gasteiger partial charge is 0.462 e. The number of Topliss-reactive ketones (excluding diaryl/α,β-unsaturated/α-hetero) is 2. The summed E-state index contributed by atoms with van der Waals surface area (Å²) in [6.07, 6.45) is 27.8. The molecule has 0 bridgehead atoms. The van der Waals surface area contributed by atoms with Crippen molar-refractivity contribution >= 4 is 23.5 Å². The Morgan fingerprint density at radius 3 is 1.65 bits per heavy atom. The third-order valence-electron chi connectivity index (χ3n) is 4.42. The minimum atomic E-state index is -1.00. The second-order valence-corrected chi connectivity index (χ2v) is 7.58. The number of esters is 2. The molecule has 0 aliphatic rings. The molecule has 0 rings (SSSR count). The Bertz CT molecular complexity index is 740. The molecule has 0 N–H and O–H groups in total. The number of carbonyl (C=O) groups excluding carboxylic acids is 4. The van der Waals surface area contributed by atoms with E-state index in [2.05, 4.69) is 61.6 Å². The third kappa shape index (κ3) is 22.2. The van der Waals surface area contributed by atoms with E-state index >= 15 is 0 Å². The molecule has 0 aromatic rings. The van der Waals surface area contributed by atoms with E-state index < -0.39 is 11.8 Å². The normalized spacial score (nSPS) is 11.9. The van der Waals surface area contributed by atoms with Crippen LogP contribution in [0.15, 0.2) is 60.8 Å². The molecule has 0 saturated heterocycles. The maximum Gasteiger partial charge on any atom is 0.374 e. The van der Waals surface area contributed by atoms with Gasteiger partial charge in [0, 0.05) is 19.3 Å². The number of hydrogen-bond acceptors (Lipinski definition) is 6. The topological polar surface area (TPSA) is 86.7 Å². The Hall–Kier alpha value is -3.02. The standard InChI is InChI=1S/C28H40O6/c1-3-4-5-6-7-8-9-10-11-12-13-14-15-16-17-18-19-20-27(31)33-23-24-34-28(32)26(30)22-21-25(2)29/h4-5,7-8,10-11,13-14,16-17H,3,6,9,12,15,18-24H2,1-2H3/b5-4-,8-7-,11-10-,14-13-,17-16-. The van der Waals surface area contributed by atoms with Gasteiger partial charge in [-0.1, -0.05) is 67.7 Å². The highest BCUT2D eigenvalue weighted by molar-refractivity contribution is 6.33. The smallest absolute Gasteiger partial charge is 0.374 e. The quantitative estimate of drug-likeness (QED) is 0.0944. The summed E-state index contributed by atoms with van der Waals surface area (Å²) in [5.41, 5.74) is 0. The molecule has 34 heavy (non-hydrogen) atoms. The van der Waals surface area contributed by atoms with Crippen LogP contribution in [0, 0.1) is 0 Å². The fraction of sp³-hybridized carbons (Fsp3) is 0.500. The lowest BCUT2D eigenvalue weighted by Gasteiger charge is -2.05. The summed E-state index contributed by atoms with van der Waals surface area (Å²) in [7, 11) is 0. The van der Waals surface area contributed by atoms with Crippen molar-refractivity contribution in [3.05, 3.63) is 60.8 Å². The molecule has 0 aliphatic heterocycles. The van der Waals surface area contributed by atoms with Gasteiger partial charge < -0.3 is 14.3 Å². The minimum Gasteiger partial charge on any atom is -0.462 e. The van der Waals surface area contributed by atoms with Gasteiger partial charge in [0.2, 0.25) is 5.78 Å². The number of ether oxygens (including phenoxy) is 2. The Balaban J connectivity index is 3.64. The molecule has 0 saturated carbocycles. The number of ketones is 2. The molecule has 0 aromatic carbocycles. The lowest BCUT2D eigenvalue weighted by atomic mass is 10.2. The van der Waals surface area contributed by atoms with Gasteiger partial charge in [-0.05, 0) is 51.9 Å². The zero-order chi connectivity index (χ0) is 25.3. The summed E-state index contributed by atoms with van der Waals surface area (Å²) in [5, 5.41) is 0. The van der Waals surface area contributed by atoms with Crippen LogP contribution >= 0.6 is 0 Å². The highest BCUT2D eigenvalue weighted by atomic mass is 16.6. The average molecular weight is 473 g/mol. The second-order valence-electron chi connectivity index (χ2n) is 7.58. The van der Waals surface area contributed by atoms with Crippen LogP contribution in [0.1, 0.15) is 78.1 Å². The summed E-state index contributed by atoms with van der Waals surface area (Å²) < 4.78 is 9.69. The number of allylic oxidation sites excluding steroid dienone is 10. The van der Waals surface area contributed by atoms with E-state index in [-0.39, 0.29) is 44.2 Å². The molecule has 0 heterocycles. The van der Waals surface area contributed by atoms with Gasteiger partial charge in [0.15, 0.2) is 0 Å². The van der Waals surface area contributed by atoms with Crippen LogP contribution in [0.25, 0.3) is 0 Å². The van der Waals surface area contributed by atoms with E-state index in [9.17, 15) is 19.2 Å². The summed E-state index contributed by atoms with van der Waals surface area (Å²) in [6.45, 7) is 3.21. The Morgan fingerprint density at radius 1 is 0.618 bits per heavy atom. The molecule has 0 spiro atoms. The van der Waals surface area contributed by atoms with Crippen LogP contribution in [0.3, 0.4) is 0 Å². The number of rotatable bonds is 20. The predicted molar refractivity (Wildman–Crippen MR) is 135 cm³/mol. The van der Waals surface area contributed by atoms with Gasteiger partial charge in [0.25, 0.3) is 0 Å². The molecule has 6 heteroatoms. The van der Waals surface area contributed by atoms with Crippen molar-refractivity contribution < 1.29 is 28.7 Å². The highest BCUT2D eigenvalue weighted by Gasteiger charge is 2.15. The van der Waals surface area contributed by atoms with Crippen LogP contribution in [0.2, 0.25) is 0 Å². The summed E-state index contributed by atoms with van der Waals surface area (Å²) in [5.74, 6) is -2.29. The van der Waals surface area contributed by atoms with Crippen LogP contribution in [0.4, 0.5) is 0 Å². The molecule has 0 atom stereocenters. The lowest BCUT2D eigenvalue weighted by Crippen LogP contribution is -2.21. The summed E-state index contributed by atoms with van der Waals surface area (Å²) in [6, 6.07) is 0. The van der Waals surface area contributed by atoms with E-state index in [1.807, 2.05) is 6.08 Å². The molecule has 0 amide bonds. The van der Waals surface area contributed by atoms with E-state index in [0.717, 1.165) is 38.5 Å². The van der Waals surface area contributed by atoms with Gasteiger partial charge in [-0.2, -0.15) is 0 Å². The first-order chi connectivity index (χ1) is 16.5. The second kappa shape index (κ2) is 23.1. The van der Waals surface area contributed by atoms with Gasteiger partial charge in [0.1, 0.15) is 19.0 Å². The van der Waals surface area contributed by atoms with Gasteiger partial charge in [0.05, 0.1) is 0 Å². The predicted octanol–water partition coefficient (Wildman–Crippen LogP) is 5.93. The number of carbonyl (C=O) groups is 4. The minimum absolute atomic E-state index is 0.0147. The lowest BCUT2D eigenvalue weighted by molar-refractivity contribution is -0.157. The van der Waals surface area contributed by atoms with E-state index in [1.54, 1.807) is 0 Å². The van der Waals surface area contributed by atoms with E-state index in [1.165, 1.54) is 6.92 Å². The van der Waals surface area contributed by atoms with E-state index in [0.29, 0.717) is 6.42 Å². The fourth-order valence-electron chi connectivity index (χ4n) is 2.57. The van der Waals surface area contributed by atoms with Crippen LogP contribution in [-0.2, 0) is 28.7 Å². The molecular formula is C28H40O6. The van der Waals surface area contributed by atoms with Crippen molar-refractivity contribution in [1.82, 2.24) is 0 Å². The summed E-state index contributed by atoms with van der Waals surface area (Å²) >= 11 is 0. The molecule has 188 valence electrons. The first-order valence-corrected chi connectivity index (χ1v) is 12.1. The molecule has 0 unspecified atom stereocenters. The van der Waals surface area contributed by atoms with Crippen molar-refractivity contribution in [2.75, 3.05) is 13.2 Å². The molecule has 0 fully saturated rings. The van der Waals surface area contributed by atoms with Crippen LogP contribution < -0.4 is 0 Å². The maximum atomic E-state index is 11.6. The first-order valence-electron chi connectivity index (χ1n) is 12.1. The SMILES string of the molecule is CC/C=C\C/C=C\C/C=C\C/C=C\C/C=C\CCCC(=O)OCCOC(=O)C(=O)CCC(C)=O. The van der Waals surface area contributed by atoms with Crippen molar-refractivity contribution in [2.24, 2.45) is 0 Å². The van der Waals surface area contributed by atoms with Crippen LogP contribution in [0.5, 0.6) is 0 Å². The molecule has 0 radical (unpaired) electrons. The molecule has 0 aromatic heterocycles. The number of unbranched alkanes of at least 4 members (excludes halogenated alkanes) is 1. The van der Waals surface area contributed by atoms with Crippen molar-refractivity contribution in [3.8, 4) is 0 Å². The Labute approximate surface area is 204 Å². The fourth-order valence-corrected chi connectivity index (χ4v) is 2.57. The monoisotopic (exact) mass is 472 g/mol. The van der Waals surface area contributed by atoms with Gasteiger partial charge in [-0.25, -0.2) is 4.79 Å². The maximum absolute atomic E-state index is 11.6. The van der Waals surface area contributed by atoms with Crippen molar-refractivity contribution in [2.45, 2.75) is 78.1 Å². The number of hydrogen-bond donors (Lipinski definition) is 0. The van der Waals surface area contributed by atoms with E-state index in [4.69, 9.17) is 9.47 Å². The average Bonchev–Trinajstić information content (AvgIpc) is 2.82. The first kappa shape index (κ1) is 31.0. The molecule has 6 nitrogen and oxygen atoms in total. The Morgan fingerprint density at radius 2 is 1.12 bits per heavy atom. The zero-order valence-electron chi connectivity index (χ0n) is 20.7. The van der Waals surface area contributed by atoms with Crippen molar-refractivity contribution in [1.29, 1.82) is 0 Å². The third-order valence-corrected chi connectivity index (χ3v) is 4.42. The highest BCUT2D eigenvalue weighted by Crippen LogP contribution is 2.01. The molecular weight excluding hydrogens is 432 g/mol. The van der Waals surface area contributed by atoms with Gasteiger partial charge in [-0.15, -0.1) is 0 Å².